The van der Waals surface area contributed by atoms with Crippen molar-refractivity contribution in [2.45, 2.75) is 13.5 Å². The van der Waals surface area contributed by atoms with E-state index in [0.717, 1.165) is 30.2 Å². The lowest BCUT2D eigenvalue weighted by atomic mass is 10.2. The summed E-state index contributed by atoms with van der Waals surface area (Å²) in [5, 5.41) is 3.14. The second kappa shape index (κ2) is 6.29. The quantitative estimate of drug-likeness (QED) is 0.894. The number of nitrogens with zero attached hydrogens (tertiary/aromatic N) is 2. The zero-order chi connectivity index (χ0) is 13.7. The maximum Gasteiger partial charge on any atom is 0.137 e. The van der Waals surface area contributed by atoms with E-state index in [0.29, 0.717) is 0 Å². The number of aromatic nitrogens is 1. The summed E-state index contributed by atoms with van der Waals surface area (Å²) in [4.78, 5) is 6.53. The number of anilines is 2. The summed E-state index contributed by atoms with van der Waals surface area (Å²) in [6.45, 7) is 3.58. The molecule has 1 aromatic carbocycles. The van der Waals surface area contributed by atoms with Crippen LogP contribution in [0, 0.1) is 5.82 Å². The van der Waals surface area contributed by atoms with Crippen molar-refractivity contribution in [1.29, 1.82) is 0 Å². The fourth-order valence-corrected chi connectivity index (χ4v) is 2.08. The first-order valence-corrected chi connectivity index (χ1v) is 6.38. The van der Waals surface area contributed by atoms with E-state index in [1.807, 2.05) is 19.2 Å². The van der Waals surface area contributed by atoms with Gasteiger partial charge in [-0.2, -0.15) is 0 Å². The molecule has 0 bridgehead atoms. The number of hydrogen-bond acceptors (Lipinski definition) is 3. The summed E-state index contributed by atoms with van der Waals surface area (Å²) in [7, 11) is 1.91. The number of hydrogen-bond donors (Lipinski definition) is 1. The van der Waals surface area contributed by atoms with E-state index < -0.39 is 0 Å². The molecule has 100 valence electrons. The van der Waals surface area contributed by atoms with Crippen LogP contribution in [0.4, 0.5) is 15.9 Å². The normalized spacial score (nSPS) is 10.5. The second-order valence-corrected chi connectivity index (χ2v) is 4.24. The number of pyridine rings is 1. The lowest BCUT2D eigenvalue weighted by Gasteiger charge is -2.24. The van der Waals surface area contributed by atoms with E-state index in [9.17, 15) is 4.39 Å². The molecule has 0 fully saturated rings. The van der Waals surface area contributed by atoms with Crippen molar-refractivity contribution in [1.82, 2.24) is 10.3 Å². The van der Waals surface area contributed by atoms with Gasteiger partial charge in [-0.05, 0) is 44.3 Å². The molecule has 0 aliphatic heterocycles. The molecule has 0 unspecified atom stereocenters. The summed E-state index contributed by atoms with van der Waals surface area (Å²) in [6.07, 6.45) is 1.78. The van der Waals surface area contributed by atoms with Gasteiger partial charge in [-0.15, -0.1) is 0 Å². The molecule has 1 heterocycles. The van der Waals surface area contributed by atoms with Crippen molar-refractivity contribution < 1.29 is 4.39 Å². The van der Waals surface area contributed by atoms with Gasteiger partial charge < -0.3 is 10.2 Å². The molecular formula is C15H18FN3. The van der Waals surface area contributed by atoms with Crippen LogP contribution >= 0.6 is 0 Å². The van der Waals surface area contributed by atoms with Crippen LogP contribution in [0.3, 0.4) is 0 Å². The van der Waals surface area contributed by atoms with Gasteiger partial charge in [0.2, 0.25) is 0 Å². The maximum atomic E-state index is 13.0. The first-order valence-electron chi connectivity index (χ1n) is 6.38. The van der Waals surface area contributed by atoms with Crippen LogP contribution < -0.4 is 10.2 Å². The molecule has 0 aliphatic carbocycles. The summed E-state index contributed by atoms with van der Waals surface area (Å²) < 4.78 is 13.0. The van der Waals surface area contributed by atoms with Crippen LogP contribution in [0.25, 0.3) is 0 Å². The molecule has 0 spiro atoms. The summed E-state index contributed by atoms with van der Waals surface area (Å²) >= 11 is 0. The highest BCUT2D eigenvalue weighted by atomic mass is 19.1. The van der Waals surface area contributed by atoms with Crippen LogP contribution in [0.1, 0.15) is 12.5 Å². The molecule has 0 aliphatic rings. The molecule has 0 radical (unpaired) electrons. The average molecular weight is 259 g/mol. The van der Waals surface area contributed by atoms with Crippen LogP contribution in [0.15, 0.2) is 42.6 Å². The Morgan fingerprint density at radius 2 is 1.95 bits per heavy atom. The molecule has 2 rings (SSSR count). The zero-order valence-corrected chi connectivity index (χ0v) is 11.2. The minimum atomic E-state index is -0.226. The minimum Gasteiger partial charge on any atom is -0.326 e. The molecule has 0 saturated heterocycles. The monoisotopic (exact) mass is 259 g/mol. The lowest BCUT2D eigenvalue weighted by molar-refractivity contribution is 0.627. The van der Waals surface area contributed by atoms with Crippen molar-refractivity contribution in [3.05, 3.63) is 54.0 Å². The highest BCUT2D eigenvalue weighted by Gasteiger charge is 2.12. The third-order valence-electron chi connectivity index (χ3n) is 2.94. The zero-order valence-electron chi connectivity index (χ0n) is 11.2. The second-order valence-electron chi connectivity index (χ2n) is 4.24. The molecule has 0 amide bonds. The SMILES string of the molecule is CCN(c1ccc(F)cc1)c1ncccc1CNC. The fraction of sp³-hybridized carbons (Fsp3) is 0.267. The van der Waals surface area contributed by atoms with Crippen LogP contribution in [-0.4, -0.2) is 18.6 Å². The number of halogens is 1. The van der Waals surface area contributed by atoms with E-state index in [4.69, 9.17) is 0 Å². The number of benzene rings is 1. The molecule has 0 atom stereocenters. The van der Waals surface area contributed by atoms with E-state index in [2.05, 4.69) is 22.1 Å². The van der Waals surface area contributed by atoms with Crippen molar-refractivity contribution in [3.63, 3.8) is 0 Å². The van der Waals surface area contributed by atoms with Crippen LogP contribution in [0.2, 0.25) is 0 Å². The summed E-state index contributed by atoms with van der Waals surface area (Å²) in [5.74, 6) is 0.683. The Kier molecular flexibility index (Phi) is 4.47. The van der Waals surface area contributed by atoms with E-state index in [1.54, 1.807) is 18.3 Å². The largest absolute Gasteiger partial charge is 0.326 e. The third kappa shape index (κ3) is 3.09. The summed E-state index contributed by atoms with van der Waals surface area (Å²) in [6, 6.07) is 10.5. The molecule has 19 heavy (non-hydrogen) atoms. The van der Waals surface area contributed by atoms with Gasteiger partial charge in [0.1, 0.15) is 11.6 Å². The van der Waals surface area contributed by atoms with E-state index >= 15 is 0 Å². The Hall–Kier alpha value is -1.94. The fourth-order valence-electron chi connectivity index (χ4n) is 2.08. The smallest absolute Gasteiger partial charge is 0.137 e. The van der Waals surface area contributed by atoms with Crippen molar-refractivity contribution >= 4 is 11.5 Å². The molecule has 4 heteroatoms. The standard InChI is InChI=1S/C15H18FN3/c1-3-19(14-8-6-13(16)7-9-14)15-12(11-17-2)5-4-10-18-15/h4-10,17H,3,11H2,1-2H3. The third-order valence-corrected chi connectivity index (χ3v) is 2.94. The topological polar surface area (TPSA) is 28.2 Å². The van der Waals surface area contributed by atoms with Gasteiger partial charge in [0.15, 0.2) is 0 Å². The minimum absolute atomic E-state index is 0.226. The van der Waals surface area contributed by atoms with Gasteiger partial charge in [0.05, 0.1) is 0 Å². The van der Waals surface area contributed by atoms with Crippen molar-refractivity contribution in [2.24, 2.45) is 0 Å². The van der Waals surface area contributed by atoms with Gasteiger partial charge in [-0.1, -0.05) is 6.07 Å². The van der Waals surface area contributed by atoms with Crippen LogP contribution in [-0.2, 0) is 6.54 Å². The average Bonchev–Trinajstić information content (AvgIpc) is 2.44. The molecular weight excluding hydrogens is 241 g/mol. The van der Waals surface area contributed by atoms with Gasteiger partial charge >= 0.3 is 0 Å². The Morgan fingerprint density at radius 3 is 2.58 bits per heavy atom. The van der Waals surface area contributed by atoms with Crippen molar-refractivity contribution in [3.8, 4) is 0 Å². The predicted molar refractivity (Wildman–Crippen MR) is 76.1 cm³/mol. The summed E-state index contributed by atoms with van der Waals surface area (Å²) in [5.41, 5.74) is 2.07. The number of nitrogens with one attached hydrogen (secondary N) is 1. The lowest BCUT2D eigenvalue weighted by Crippen LogP contribution is -2.20. The maximum absolute atomic E-state index is 13.0. The first kappa shape index (κ1) is 13.5. The molecule has 1 N–H and O–H groups in total. The van der Waals surface area contributed by atoms with E-state index in [-0.39, 0.29) is 5.82 Å². The highest BCUT2D eigenvalue weighted by molar-refractivity contribution is 5.62. The van der Waals surface area contributed by atoms with Gasteiger partial charge in [-0.25, -0.2) is 9.37 Å². The Labute approximate surface area is 113 Å². The van der Waals surface area contributed by atoms with Crippen molar-refractivity contribution in [2.75, 3.05) is 18.5 Å². The van der Waals surface area contributed by atoms with Crippen LogP contribution in [0.5, 0.6) is 0 Å². The Bertz CT molecular complexity index is 525. The van der Waals surface area contributed by atoms with Gasteiger partial charge in [0, 0.05) is 30.5 Å². The molecule has 2 aromatic rings. The Morgan fingerprint density at radius 1 is 1.21 bits per heavy atom. The molecule has 1 aromatic heterocycles. The van der Waals surface area contributed by atoms with Gasteiger partial charge in [0.25, 0.3) is 0 Å². The van der Waals surface area contributed by atoms with Gasteiger partial charge in [-0.3, -0.25) is 0 Å². The predicted octanol–water partition coefficient (Wildman–Crippen LogP) is 3.10. The number of rotatable bonds is 5. The molecule has 3 nitrogen and oxygen atoms in total. The molecule has 0 saturated carbocycles. The Balaban J connectivity index is 2.39. The highest BCUT2D eigenvalue weighted by Crippen LogP contribution is 2.26. The van der Waals surface area contributed by atoms with E-state index in [1.165, 1.54) is 12.1 Å². The first-order chi connectivity index (χ1) is 9.26.